The number of rotatable bonds is 3. The molecule has 4 heteroatoms. The molecule has 4 nitrogen and oxygen atoms in total. The summed E-state index contributed by atoms with van der Waals surface area (Å²) < 4.78 is 0. The minimum absolute atomic E-state index is 0.272. The zero-order valence-corrected chi connectivity index (χ0v) is 9.97. The molecule has 0 aromatic heterocycles. The molecule has 2 aromatic rings. The van der Waals surface area contributed by atoms with Crippen molar-refractivity contribution in [3.63, 3.8) is 0 Å². The average Bonchev–Trinajstić information content (AvgIpc) is 2.39. The summed E-state index contributed by atoms with van der Waals surface area (Å²) >= 11 is 0. The predicted octanol–water partition coefficient (Wildman–Crippen LogP) is 2.68. The molecule has 0 atom stereocenters. The molecule has 0 aliphatic heterocycles. The Morgan fingerprint density at radius 1 is 1.17 bits per heavy atom. The molecule has 0 bridgehead atoms. The predicted molar refractivity (Wildman–Crippen MR) is 72.8 cm³/mol. The van der Waals surface area contributed by atoms with Crippen LogP contribution in [0, 0.1) is 0 Å². The van der Waals surface area contributed by atoms with E-state index in [0.717, 1.165) is 16.8 Å². The highest BCUT2D eigenvalue weighted by molar-refractivity contribution is 5.89. The maximum Gasteiger partial charge on any atom is 0.335 e. The summed E-state index contributed by atoms with van der Waals surface area (Å²) in [6.07, 6.45) is 0. The second kappa shape index (κ2) is 4.79. The molecule has 0 fully saturated rings. The van der Waals surface area contributed by atoms with E-state index in [4.69, 9.17) is 10.8 Å². The quantitative estimate of drug-likeness (QED) is 0.723. The van der Waals surface area contributed by atoms with Gasteiger partial charge in [-0.1, -0.05) is 12.1 Å². The monoisotopic (exact) mass is 242 g/mol. The van der Waals surface area contributed by atoms with Crippen LogP contribution in [0.5, 0.6) is 0 Å². The van der Waals surface area contributed by atoms with E-state index in [1.807, 2.05) is 25.2 Å². The number of aromatic carboxylic acids is 1. The first-order chi connectivity index (χ1) is 8.61. The van der Waals surface area contributed by atoms with E-state index >= 15 is 0 Å². The summed E-state index contributed by atoms with van der Waals surface area (Å²) in [6, 6.07) is 12.3. The Hall–Kier alpha value is -2.49. The normalized spacial score (nSPS) is 10.1. The fraction of sp³-hybridized carbons (Fsp3) is 0.0714. The first-order valence-electron chi connectivity index (χ1n) is 5.53. The number of hydrogen-bond donors (Lipinski definition) is 3. The molecule has 2 rings (SSSR count). The lowest BCUT2D eigenvalue weighted by molar-refractivity contribution is 0.0697. The molecule has 0 saturated carbocycles. The van der Waals surface area contributed by atoms with Gasteiger partial charge in [-0.3, -0.25) is 0 Å². The van der Waals surface area contributed by atoms with Crippen LogP contribution >= 0.6 is 0 Å². The Morgan fingerprint density at radius 2 is 1.83 bits per heavy atom. The fourth-order valence-electron chi connectivity index (χ4n) is 1.81. The van der Waals surface area contributed by atoms with E-state index in [0.29, 0.717) is 5.69 Å². The molecular formula is C14H14N2O2. The number of nitrogens with two attached hydrogens (primary N) is 1. The molecule has 18 heavy (non-hydrogen) atoms. The molecular weight excluding hydrogens is 228 g/mol. The lowest BCUT2D eigenvalue weighted by Gasteiger charge is -2.10. The van der Waals surface area contributed by atoms with Gasteiger partial charge < -0.3 is 16.2 Å². The molecule has 0 radical (unpaired) electrons. The van der Waals surface area contributed by atoms with Crippen molar-refractivity contribution in [1.82, 2.24) is 0 Å². The third-order valence-corrected chi connectivity index (χ3v) is 2.76. The Balaban J connectivity index is 2.48. The van der Waals surface area contributed by atoms with Gasteiger partial charge in [0.25, 0.3) is 0 Å². The highest BCUT2D eigenvalue weighted by Crippen LogP contribution is 2.29. The van der Waals surface area contributed by atoms with Crippen LogP contribution in [0.4, 0.5) is 11.4 Å². The molecule has 0 spiro atoms. The zero-order valence-electron chi connectivity index (χ0n) is 9.97. The van der Waals surface area contributed by atoms with Crippen molar-refractivity contribution < 1.29 is 9.90 Å². The van der Waals surface area contributed by atoms with Crippen molar-refractivity contribution in [3.05, 3.63) is 48.0 Å². The molecule has 0 heterocycles. The van der Waals surface area contributed by atoms with Crippen molar-refractivity contribution in [1.29, 1.82) is 0 Å². The molecule has 0 aliphatic carbocycles. The molecule has 4 N–H and O–H groups in total. The number of nitrogen functional groups attached to an aromatic ring is 1. The Labute approximate surface area is 105 Å². The van der Waals surface area contributed by atoms with Gasteiger partial charge in [0.05, 0.1) is 5.56 Å². The van der Waals surface area contributed by atoms with Crippen LogP contribution < -0.4 is 11.1 Å². The maximum atomic E-state index is 10.8. The molecule has 0 unspecified atom stereocenters. The molecule has 0 amide bonds. The van der Waals surface area contributed by atoms with Gasteiger partial charge in [-0.2, -0.15) is 0 Å². The summed E-state index contributed by atoms with van der Waals surface area (Å²) in [5, 5.41) is 11.9. The smallest absolute Gasteiger partial charge is 0.335 e. The van der Waals surface area contributed by atoms with Gasteiger partial charge >= 0.3 is 5.97 Å². The van der Waals surface area contributed by atoms with Crippen molar-refractivity contribution in [2.24, 2.45) is 0 Å². The molecule has 2 aromatic carbocycles. The van der Waals surface area contributed by atoms with E-state index in [2.05, 4.69) is 5.32 Å². The second-order valence-corrected chi connectivity index (χ2v) is 3.94. The summed E-state index contributed by atoms with van der Waals surface area (Å²) in [6.45, 7) is 0. The van der Waals surface area contributed by atoms with Crippen molar-refractivity contribution >= 4 is 17.3 Å². The van der Waals surface area contributed by atoms with Gasteiger partial charge in [0.1, 0.15) is 0 Å². The minimum atomic E-state index is -0.928. The van der Waals surface area contributed by atoms with E-state index in [1.165, 1.54) is 0 Å². The number of carboxylic acid groups (broad SMARTS) is 1. The summed E-state index contributed by atoms with van der Waals surface area (Å²) in [4.78, 5) is 10.8. The van der Waals surface area contributed by atoms with Crippen LogP contribution in [0.3, 0.4) is 0 Å². The number of hydrogen-bond acceptors (Lipinski definition) is 3. The number of anilines is 2. The van der Waals surface area contributed by atoms with E-state index < -0.39 is 5.97 Å². The van der Waals surface area contributed by atoms with E-state index in [-0.39, 0.29) is 5.56 Å². The zero-order chi connectivity index (χ0) is 13.1. The van der Waals surface area contributed by atoms with Gasteiger partial charge in [-0.15, -0.1) is 0 Å². The summed E-state index contributed by atoms with van der Waals surface area (Å²) in [5.74, 6) is -0.928. The average molecular weight is 242 g/mol. The first-order valence-corrected chi connectivity index (χ1v) is 5.53. The van der Waals surface area contributed by atoms with Crippen molar-refractivity contribution in [2.45, 2.75) is 0 Å². The maximum absolute atomic E-state index is 10.8. The van der Waals surface area contributed by atoms with Crippen LogP contribution in [0.15, 0.2) is 42.5 Å². The topological polar surface area (TPSA) is 75.3 Å². The highest BCUT2D eigenvalue weighted by atomic mass is 16.4. The van der Waals surface area contributed by atoms with Gasteiger partial charge in [0.2, 0.25) is 0 Å². The van der Waals surface area contributed by atoms with Gasteiger partial charge in [-0.05, 0) is 35.9 Å². The van der Waals surface area contributed by atoms with Crippen LogP contribution in [0.1, 0.15) is 10.4 Å². The van der Waals surface area contributed by atoms with Crippen LogP contribution in [0.25, 0.3) is 11.1 Å². The number of carboxylic acids is 1. The number of benzene rings is 2. The summed E-state index contributed by atoms with van der Waals surface area (Å²) in [5.41, 5.74) is 9.55. The third-order valence-electron chi connectivity index (χ3n) is 2.76. The first kappa shape index (κ1) is 12.0. The number of carbonyl (C=O) groups is 1. The van der Waals surface area contributed by atoms with Crippen molar-refractivity contribution in [2.75, 3.05) is 18.1 Å². The SMILES string of the molecule is CNc1ccc(N)cc1-c1ccc(C(=O)O)cc1. The Morgan fingerprint density at radius 3 is 2.39 bits per heavy atom. The van der Waals surface area contributed by atoms with E-state index in [1.54, 1.807) is 24.3 Å². The second-order valence-electron chi connectivity index (χ2n) is 3.94. The fourth-order valence-corrected chi connectivity index (χ4v) is 1.81. The minimum Gasteiger partial charge on any atom is -0.478 e. The van der Waals surface area contributed by atoms with Gasteiger partial charge in [0, 0.05) is 24.0 Å². The number of nitrogens with one attached hydrogen (secondary N) is 1. The summed E-state index contributed by atoms with van der Waals surface area (Å²) in [7, 11) is 1.83. The Bertz CT molecular complexity index is 577. The lowest BCUT2D eigenvalue weighted by Crippen LogP contribution is -1.97. The van der Waals surface area contributed by atoms with Crippen LogP contribution in [-0.2, 0) is 0 Å². The molecule has 0 aliphatic rings. The molecule has 92 valence electrons. The highest BCUT2D eigenvalue weighted by Gasteiger charge is 2.06. The standard InChI is InChI=1S/C14H14N2O2/c1-16-13-7-6-11(15)8-12(13)9-2-4-10(5-3-9)14(17)18/h2-8,16H,15H2,1H3,(H,17,18). The van der Waals surface area contributed by atoms with Gasteiger partial charge in [-0.25, -0.2) is 4.79 Å². The van der Waals surface area contributed by atoms with Crippen LogP contribution in [0.2, 0.25) is 0 Å². The molecule has 0 saturated heterocycles. The van der Waals surface area contributed by atoms with Crippen LogP contribution in [-0.4, -0.2) is 18.1 Å². The Kier molecular flexibility index (Phi) is 3.19. The largest absolute Gasteiger partial charge is 0.478 e. The third kappa shape index (κ3) is 2.27. The van der Waals surface area contributed by atoms with Crippen molar-refractivity contribution in [3.8, 4) is 11.1 Å². The lowest BCUT2D eigenvalue weighted by atomic mass is 10.0. The van der Waals surface area contributed by atoms with Gasteiger partial charge in [0.15, 0.2) is 0 Å². The van der Waals surface area contributed by atoms with E-state index in [9.17, 15) is 4.79 Å².